The second kappa shape index (κ2) is 19.9. The molecule has 6 fully saturated rings. The third-order valence-corrected chi connectivity index (χ3v) is 9.43. The normalized spacial score (nSPS) is 24.4. The van der Waals surface area contributed by atoms with Gasteiger partial charge in [-0.3, -0.25) is 0 Å². The molecule has 4 bridgehead atoms. The molecule has 6 saturated heterocycles. The van der Waals surface area contributed by atoms with E-state index >= 15 is 0 Å². The van der Waals surface area contributed by atoms with E-state index in [4.69, 9.17) is 11.5 Å². The first kappa shape index (κ1) is 38.7. The van der Waals surface area contributed by atoms with Crippen LogP contribution in [0, 0.1) is 11.8 Å². The quantitative estimate of drug-likeness (QED) is 0.229. The fourth-order valence-electron chi connectivity index (χ4n) is 7.12. The number of hydrogen-bond acceptors (Lipinski definition) is 8. The van der Waals surface area contributed by atoms with Crippen LogP contribution in [0.3, 0.4) is 0 Å². The summed E-state index contributed by atoms with van der Waals surface area (Å²) in [6.45, 7) is 23.0. The van der Waals surface area contributed by atoms with Gasteiger partial charge in [-0.05, 0) is 63.7 Å². The van der Waals surface area contributed by atoms with E-state index < -0.39 is 0 Å². The average Bonchev–Trinajstić information content (AvgIpc) is 3.78. The molecule has 264 valence electrons. The smallest absolute Gasteiger partial charge is 0.150 e. The zero-order valence-corrected chi connectivity index (χ0v) is 30.9. The van der Waals surface area contributed by atoms with Crippen molar-refractivity contribution < 1.29 is 0 Å². The average molecular weight is 659 g/mol. The van der Waals surface area contributed by atoms with Crippen LogP contribution in [0.2, 0.25) is 0 Å². The summed E-state index contributed by atoms with van der Waals surface area (Å²) in [7, 11) is 0. The number of anilines is 2. The van der Waals surface area contributed by atoms with Gasteiger partial charge < -0.3 is 21.3 Å². The van der Waals surface area contributed by atoms with Crippen molar-refractivity contribution in [3.05, 3.63) is 60.7 Å². The lowest BCUT2D eigenvalue weighted by Crippen LogP contribution is -2.48. The summed E-state index contributed by atoms with van der Waals surface area (Å²) >= 11 is 0. The number of nitrogens with zero attached hydrogens (tertiary/aromatic N) is 8. The van der Waals surface area contributed by atoms with Gasteiger partial charge in [0, 0.05) is 24.2 Å². The molecule has 6 aliphatic heterocycles. The van der Waals surface area contributed by atoms with E-state index in [1.54, 1.807) is 0 Å². The third-order valence-electron chi connectivity index (χ3n) is 9.43. The highest BCUT2D eigenvalue weighted by molar-refractivity contribution is 5.70. The number of fused-ring (bicyclic) bond motifs is 6. The SMILES string of the molecule is CC.CC.CC.CC.Nc1c(-c2ccccc2)nnn1C1CN2CCC1CC2.Nc1c(-c2ccccc2)nnn1C1CN2CCC1CC2. The summed E-state index contributed by atoms with van der Waals surface area (Å²) in [5.41, 5.74) is 16.3. The molecule has 48 heavy (non-hydrogen) atoms. The first-order valence-electron chi connectivity index (χ1n) is 18.6. The molecular formula is C38H62N10. The van der Waals surface area contributed by atoms with E-state index in [0.717, 1.165) is 35.6 Å². The van der Waals surface area contributed by atoms with Crippen LogP contribution in [0.25, 0.3) is 22.5 Å². The summed E-state index contributed by atoms with van der Waals surface area (Å²) in [6, 6.07) is 20.9. The Morgan fingerprint density at radius 2 is 0.812 bits per heavy atom. The first-order valence-corrected chi connectivity index (χ1v) is 18.6. The van der Waals surface area contributed by atoms with E-state index in [1.807, 2.05) is 125 Å². The largest absolute Gasteiger partial charge is 0.382 e. The Bertz CT molecular complexity index is 1310. The van der Waals surface area contributed by atoms with Crippen molar-refractivity contribution in [3.63, 3.8) is 0 Å². The zero-order valence-electron chi connectivity index (χ0n) is 30.9. The highest BCUT2D eigenvalue weighted by atomic mass is 15.5. The van der Waals surface area contributed by atoms with Gasteiger partial charge in [-0.25, -0.2) is 9.36 Å². The molecule has 0 saturated carbocycles. The lowest BCUT2D eigenvalue weighted by molar-refractivity contribution is 0.0514. The van der Waals surface area contributed by atoms with Crippen LogP contribution in [0.1, 0.15) is 93.2 Å². The predicted octanol–water partition coefficient (Wildman–Crippen LogP) is 7.69. The maximum Gasteiger partial charge on any atom is 0.150 e. The Balaban J connectivity index is 0.000000216. The van der Waals surface area contributed by atoms with Crippen LogP contribution in [0.5, 0.6) is 0 Å². The Morgan fingerprint density at radius 1 is 0.500 bits per heavy atom. The van der Waals surface area contributed by atoms with Crippen molar-refractivity contribution in [1.82, 2.24) is 39.8 Å². The lowest BCUT2D eigenvalue weighted by atomic mass is 9.84. The van der Waals surface area contributed by atoms with E-state index in [9.17, 15) is 0 Å². The molecule has 0 amide bonds. The van der Waals surface area contributed by atoms with Gasteiger partial charge in [0.1, 0.15) is 11.4 Å². The molecule has 10 rings (SSSR count). The molecule has 2 aromatic heterocycles. The van der Waals surface area contributed by atoms with Gasteiger partial charge in [-0.15, -0.1) is 10.2 Å². The number of hydrogen-bond donors (Lipinski definition) is 2. The number of nitrogens with two attached hydrogens (primary N) is 2. The molecule has 10 nitrogen and oxygen atoms in total. The molecule has 2 aromatic carbocycles. The second-order valence-electron chi connectivity index (χ2n) is 11.7. The Labute approximate surface area is 289 Å². The number of rotatable bonds is 4. The molecule has 0 radical (unpaired) electrons. The topological polar surface area (TPSA) is 120 Å². The van der Waals surface area contributed by atoms with Gasteiger partial charge in [-0.1, -0.05) is 126 Å². The molecular weight excluding hydrogens is 596 g/mol. The van der Waals surface area contributed by atoms with Gasteiger partial charge in [0.15, 0.2) is 11.6 Å². The summed E-state index contributed by atoms with van der Waals surface area (Å²) < 4.78 is 3.91. The zero-order chi connectivity index (χ0) is 35.1. The van der Waals surface area contributed by atoms with Crippen LogP contribution >= 0.6 is 0 Å². The summed E-state index contributed by atoms with van der Waals surface area (Å²) in [6.07, 6.45) is 5.02. The van der Waals surface area contributed by atoms with Gasteiger partial charge in [0.2, 0.25) is 0 Å². The van der Waals surface area contributed by atoms with E-state index in [-0.39, 0.29) is 0 Å². The molecule has 4 N–H and O–H groups in total. The fourth-order valence-corrected chi connectivity index (χ4v) is 7.12. The predicted molar refractivity (Wildman–Crippen MR) is 202 cm³/mol. The first-order chi connectivity index (χ1) is 23.7. The number of benzene rings is 2. The molecule has 10 heteroatoms. The Hall–Kier alpha value is -3.76. The van der Waals surface area contributed by atoms with E-state index in [0.29, 0.717) is 35.6 Å². The molecule has 6 aliphatic rings. The van der Waals surface area contributed by atoms with Crippen molar-refractivity contribution in [1.29, 1.82) is 0 Å². The van der Waals surface area contributed by atoms with Gasteiger partial charge >= 0.3 is 0 Å². The van der Waals surface area contributed by atoms with Crippen molar-refractivity contribution in [2.45, 2.75) is 93.2 Å². The highest BCUT2D eigenvalue weighted by Gasteiger charge is 2.38. The van der Waals surface area contributed by atoms with Gasteiger partial charge in [0.05, 0.1) is 12.1 Å². The molecule has 2 unspecified atom stereocenters. The lowest BCUT2D eigenvalue weighted by Gasteiger charge is -2.44. The number of piperidine rings is 6. The van der Waals surface area contributed by atoms with Gasteiger partial charge in [-0.2, -0.15) is 0 Å². The van der Waals surface area contributed by atoms with Crippen molar-refractivity contribution in [2.24, 2.45) is 11.8 Å². The van der Waals surface area contributed by atoms with Gasteiger partial charge in [0.25, 0.3) is 0 Å². The maximum atomic E-state index is 6.32. The van der Waals surface area contributed by atoms with E-state index in [1.165, 1.54) is 51.9 Å². The Kier molecular flexibility index (Phi) is 16.1. The summed E-state index contributed by atoms with van der Waals surface area (Å²) in [5, 5.41) is 17.3. The number of nitrogen functional groups attached to an aromatic ring is 2. The second-order valence-corrected chi connectivity index (χ2v) is 11.7. The van der Waals surface area contributed by atoms with Crippen LogP contribution < -0.4 is 11.5 Å². The maximum absolute atomic E-state index is 6.32. The number of aromatic nitrogens is 6. The van der Waals surface area contributed by atoms with Crippen LogP contribution in [0.4, 0.5) is 11.6 Å². The molecule has 8 heterocycles. The minimum absolute atomic E-state index is 0.391. The summed E-state index contributed by atoms with van der Waals surface area (Å²) in [4.78, 5) is 5.02. The van der Waals surface area contributed by atoms with Crippen molar-refractivity contribution in [2.75, 3.05) is 50.7 Å². The van der Waals surface area contributed by atoms with Crippen LogP contribution in [-0.4, -0.2) is 79.1 Å². The minimum atomic E-state index is 0.391. The third kappa shape index (κ3) is 8.82. The standard InChI is InChI=1S/2C15H19N5.4C2H6/c2*16-15-14(12-4-2-1-3-5-12)17-18-20(15)13-10-19-8-6-11(13)7-9-19;4*1-2/h2*1-5,11,13H,6-10,16H2;4*1-2H3. The molecule has 0 spiro atoms. The van der Waals surface area contributed by atoms with Crippen LogP contribution in [0.15, 0.2) is 60.7 Å². The molecule has 0 aliphatic carbocycles. The molecule has 4 aromatic rings. The highest BCUT2D eigenvalue weighted by Crippen LogP contribution is 2.39. The molecule has 2 atom stereocenters. The fraction of sp³-hybridized carbons (Fsp3) is 0.579. The minimum Gasteiger partial charge on any atom is -0.382 e. The van der Waals surface area contributed by atoms with Crippen molar-refractivity contribution in [3.8, 4) is 22.5 Å². The van der Waals surface area contributed by atoms with E-state index in [2.05, 4.69) is 30.4 Å². The Morgan fingerprint density at radius 3 is 1.08 bits per heavy atom. The van der Waals surface area contributed by atoms with Crippen molar-refractivity contribution >= 4 is 11.6 Å². The summed E-state index contributed by atoms with van der Waals surface area (Å²) in [5.74, 6) is 2.81. The monoisotopic (exact) mass is 659 g/mol. The van der Waals surface area contributed by atoms with Crippen LogP contribution in [-0.2, 0) is 0 Å².